The topological polar surface area (TPSA) is 160 Å². The minimum absolute atomic E-state index is 0.251. The van der Waals surface area contributed by atoms with Gasteiger partial charge in [-0.15, -0.1) is 0 Å². The molecular weight excluding hydrogens is 610 g/mol. The second-order valence-electron chi connectivity index (χ2n) is 13.8. The smallest absolute Gasteiger partial charge is 0.220 e. The Hall–Kier alpha value is -1.85. The van der Waals surface area contributed by atoms with Crippen LogP contribution in [0.2, 0.25) is 0 Å². The summed E-state index contributed by atoms with van der Waals surface area (Å²) >= 11 is 0. The quantitative estimate of drug-likeness (QED) is 0.0490. The molecule has 8 atom stereocenters. The third kappa shape index (κ3) is 17.2. The zero-order valence-corrected chi connectivity index (χ0v) is 29.5. The second kappa shape index (κ2) is 26.0. The van der Waals surface area contributed by atoms with Crippen molar-refractivity contribution < 1.29 is 40.2 Å². The molecule has 0 spiro atoms. The molecule has 1 aromatic rings. The maximum atomic E-state index is 12.9. The van der Waals surface area contributed by atoms with Gasteiger partial charge in [0, 0.05) is 6.42 Å². The molecule has 0 radical (unpaired) electrons. The number of amides is 1. The van der Waals surface area contributed by atoms with Gasteiger partial charge in [-0.05, 0) is 31.2 Å². The summed E-state index contributed by atoms with van der Waals surface area (Å²) in [5, 5.41) is 65.0. The van der Waals surface area contributed by atoms with Crippen molar-refractivity contribution in [2.45, 2.75) is 184 Å². The number of carbonyl (C=O) groups excluding carboxylic acids is 1. The SMILES string of the molecule is CCCCCCCCCCCCCC[C@@H](O)[C@@H](O)[C@H](/C=C/[C@H]1O[C@H](CO)[C@H](O)[C@H](O)[C@H]1O)NC(=O)CCCCCCCc1ccccc1. The van der Waals surface area contributed by atoms with Gasteiger partial charge in [-0.2, -0.15) is 0 Å². The van der Waals surface area contributed by atoms with Crippen molar-refractivity contribution in [3.8, 4) is 0 Å². The van der Waals surface area contributed by atoms with Gasteiger partial charge in [0.15, 0.2) is 0 Å². The zero-order chi connectivity index (χ0) is 35.0. The molecule has 0 saturated carbocycles. The standard InChI is InChI=1S/C39H67NO8/c1-2-3-4-5-6-7-8-9-10-11-14-20-25-32(42)36(44)31(27-28-33-37(45)39(47)38(46)34(29-41)48-33)40-35(43)26-21-15-12-13-17-22-30-23-18-16-19-24-30/h16,18-19,23-24,27-28,31-34,36-39,41-42,44-47H,2-15,17,20-22,25-26,29H2,1H3,(H,40,43)/b28-27+/t31-,32+,33+,34+,36-,37-,38-,39+/m0/s1. The fourth-order valence-corrected chi connectivity index (χ4v) is 6.42. The summed E-state index contributed by atoms with van der Waals surface area (Å²) in [6.07, 6.45) is 14.8. The lowest BCUT2D eigenvalue weighted by atomic mass is 9.93. The van der Waals surface area contributed by atoms with Crippen molar-refractivity contribution in [3.05, 3.63) is 48.0 Å². The summed E-state index contributed by atoms with van der Waals surface area (Å²) in [6.45, 7) is 1.68. The molecule has 2 rings (SSSR count). The van der Waals surface area contributed by atoms with E-state index in [1.807, 2.05) is 6.07 Å². The van der Waals surface area contributed by atoms with Crippen molar-refractivity contribution in [1.82, 2.24) is 5.32 Å². The van der Waals surface area contributed by atoms with E-state index in [4.69, 9.17) is 4.74 Å². The highest BCUT2D eigenvalue weighted by Gasteiger charge is 2.42. The largest absolute Gasteiger partial charge is 0.394 e. The van der Waals surface area contributed by atoms with Crippen LogP contribution in [-0.2, 0) is 16.0 Å². The Kier molecular flexibility index (Phi) is 22.9. The molecule has 9 heteroatoms. The number of hydrogen-bond acceptors (Lipinski definition) is 8. The van der Waals surface area contributed by atoms with Crippen LogP contribution in [0.1, 0.15) is 134 Å². The number of carbonyl (C=O) groups is 1. The average Bonchev–Trinajstić information content (AvgIpc) is 3.09. The highest BCUT2D eigenvalue weighted by Crippen LogP contribution is 2.23. The van der Waals surface area contributed by atoms with Crippen molar-refractivity contribution in [2.24, 2.45) is 0 Å². The average molecular weight is 678 g/mol. The number of benzene rings is 1. The molecule has 0 bridgehead atoms. The van der Waals surface area contributed by atoms with Crippen LogP contribution in [0.4, 0.5) is 0 Å². The molecule has 48 heavy (non-hydrogen) atoms. The maximum Gasteiger partial charge on any atom is 0.220 e. The first-order valence-corrected chi connectivity index (χ1v) is 19.0. The molecular formula is C39H67NO8. The highest BCUT2D eigenvalue weighted by atomic mass is 16.5. The van der Waals surface area contributed by atoms with Crippen molar-refractivity contribution in [2.75, 3.05) is 6.61 Å². The van der Waals surface area contributed by atoms with E-state index < -0.39 is 55.4 Å². The second-order valence-corrected chi connectivity index (χ2v) is 13.8. The van der Waals surface area contributed by atoms with Gasteiger partial charge in [0.2, 0.25) is 5.91 Å². The van der Waals surface area contributed by atoms with Gasteiger partial charge in [0.25, 0.3) is 0 Å². The van der Waals surface area contributed by atoms with Gasteiger partial charge >= 0.3 is 0 Å². The van der Waals surface area contributed by atoms with Crippen molar-refractivity contribution >= 4 is 5.91 Å². The van der Waals surface area contributed by atoms with Crippen LogP contribution < -0.4 is 5.32 Å². The molecule has 1 fully saturated rings. The van der Waals surface area contributed by atoms with E-state index >= 15 is 0 Å². The Bertz CT molecular complexity index is 961. The molecule has 1 heterocycles. The van der Waals surface area contributed by atoms with E-state index in [0.717, 1.165) is 51.4 Å². The molecule has 0 aliphatic carbocycles. The number of aryl methyl sites for hydroxylation is 1. The van der Waals surface area contributed by atoms with Gasteiger partial charge in [-0.25, -0.2) is 0 Å². The Balaban J connectivity index is 1.80. The molecule has 9 nitrogen and oxygen atoms in total. The van der Waals surface area contributed by atoms with Crippen LogP contribution in [-0.4, -0.2) is 91.9 Å². The van der Waals surface area contributed by atoms with Crippen LogP contribution >= 0.6 is 0 Å². The maximum absolute atomic E-state index is 12.9. The Morgan fingerprint density at radius 2 is 1.33 bits per heavy atom. The minimum Gasteiger partial charge on any atom is -0.394 e. The molecule has 1 aliphatic rings. The summed E-state index contributed by atoms with van der Waals surface area (Å²) in [4.78, 5) is 12.9. The summed E-state index contributed by atoms with van der Waals surface area (Å²) in [5.74, 6) is -0.251. The van der Waals surface area contributed by atoms with E-state index in [-0.39, 0.29) is 12.3 Å². The highest BCUT2D eigenvalue weighted by molar-refractivity contribution is 5.76. The van der Waals surface area contributed by atoms with Crippen LogP contribution in [0, 0.1) is 0 Å². The molecule has 1 aromatic carbocycles. The van der Waals surface area contributed by atoms with Gasteiger partial charge in [0.1, 0.15) is 36.6 Å². The molecule has 1 aliphatic heterocycles. The third-order valence-electron chi connectivity index (χ3n) is 9.59. The molecule has 0 aromatic heterocycles. The molecule has 0 unspecified atom stereocenters. The Morgan fingerprint density at radius 3 is 1.94 bits per heavy atom. The first-order valence-electron chi connectivity index (χ1n) is 19.0. The van der Waals surface area contributed by atoms with Gasteiger partial charge in [-0.3, -0.25) is 4.79 Å². The molecule has 276 valence electrons. The molecule has 1 amide bonds. The normalized spacial score (nSPS) is 23.3. The van der Waals surface area contributed by atoms with E-state index in [2.05, 4.69) is 36.5 Å². The Morgan fingerprint density at radius 1 is 0.771 bits per heavy atom. The number of nitrogens with one attached hydrogen (secondary N) is 1. The lowest BCUT2D eigenvalue weighted by Crippen LogP contribution is -2.58. The first kappa shape index (κ1) is 42.3. The number of ether oxygens (including phenoxy) is 1. The Labute approximate surface area is 289 Å². The number of hydrogen-bond donors (Lipinski definition) is 7. The zero-order valence-electron chi connectivity index (χ0n) is 29.5. The van der Waals surface area contributed by atoms with E-state index in [1.165, 1.54) is 75.5 Å². The summed E-state index contributed by atoms with van der Waals surface area (Å²) < 4.78 is 5.56. The fraction of sp³-hybridized carbons (Fsp3) is 0.769. The lowest BCUT2D eigenvalue weighted by Gasteiger charge is -2.39. The number of unbranched alkanes of at least 4 members (excludes halogenated alkanes) is 15. The van der Waals surface area contributed by atoms with Crippen LogP contribution in [0.15, 0.2) is 42.5 Å². The van der Waals surface area contributed by atoms with Gasteiger partial charge < -0.3 is 40.7 Å². The summed E-state index contributed by atoms with van der Waals surface area (Å²) in [5.41, 5.74) is 1.33. The predicted octanol–water partition coefficient (Wildman–Crippen LogP) is 5.27. The van der Waals surface area contributed by atoms with E-state index in [9.17, 15) is 35.4 Å². The number of aliphatic hydroxyl groups excluding tert-OH is 6. The van der Waals surface area contributed by atoms with Crippen molar-refractivity contribution in [3.63, 3.8) is 0 Å². The minimum atomic E-state index is -1.53. The van der Waals surface area contributed by atoms with Crippen LogP contribution in [0.25, 0.3) is 0 Å². The van der Waals surface area contributed by atoms with Crippen molar-refractivity contribution in [1.29, 1.82) is 0 Å². The third-order valence-corrected chi connectivity index (χ3v) is 9.59. The number of rotatable bonds is 27. The summed E-state index contributed by atoms with van der Waals surface area (Å²) in [6, 6.07) is 9.44. The van der Waals surface area contributed by atoms with E-state index in [0.29, 0.717) is 12.8 Å². The van der Waals surface area contributed by atoms with Crippen LogP contribution in [0.5, 0.6) is 0 Å². The van der Waals surface area contributed by atoms with Gasteiger partial charge in [0.05, 0.1) is 18.8 Å². The monoisotopic (exact) mass is 677 g/mol. The van der Waals surface area contributed by atoms with Crippen LogP contribution in [0.3, 0.4) is 0 Å². The molecule has 1 saturated heterocycles. The number of aliphatic hydroxyl groups is 6. The molecule has 7 N–H and O–H groups in total. The lowest BCUT2D eigenvalue weighted by molar-refractivity contribution is -0.216. The fourth-order valence-electron chi connectivity index (χ4n) is 6.42. The first-order chi connectivity index (χ1) is 23.3. The van der Waals surface area contributed by atoms with Gasteiger partial charge in [-0.1, -0.05) is 146 Å². The predicted molar refractivity (Wildman–Crippen MR) is 190 cm³/mol. The van der Waals surface area contributed by atoms with E-state index in [1.54, 1.807) is 0 Å². The summed E-state index contributed by atoms with van der Waals surface area (Å²) in [7, 11) is 0.